The molecule has 1 aliphatic rings. The number of nitrogens with zero attached hydrogens (tertiary/aromatic N) is 1. The molecule has 0 spiro atoms. The van der Waals surface area contributed by atoms with Gasteiger partial charge in [-0.1, -0.05) is 129 Å². The highest BCUT2D eigenvalue weighted by atomic mass is 15.0. The van der Waals surface area contributed by atoms with Crippen molar-refractivity contribution in [3.8, 4) is 27.9 Å². The summed E-state index contributed by atoms with van der Waals surface area (Å²) < 4.78 is 2.48. The third-order valence-electron chi connectivity index (χ3n) is 9.56. The SMILES string of the molecule is CC1(C)c2ccccc2-c2c3c1cccc3cc1c2c2c3ccccc3ccc2n1-c1ccc(-c2ccccc2)cc1. The zero-order chi connectivity index (χ0) is 28.0. The van der Waals surface area contributed by atoms with Crippen LogP contribution in [0.4, 0.5) is 0 Å². The van der Waals surface area contributed by atoms with E-state index in [1.54, 1.807) is 0 Å². The minimum atomic E-state index is -0.0789. The van der Waals surface area contributed by atoms with Crippen LogP contribution >= 0.6 is 0 Å². The Kier molecular flexibility index (Phi) is 4.73. The molecule has 42 heavy (non-hydrogen) atoms. The number of rotatable bonds is 2. The second-order valence-corrected chi connectivity index (χ2v) is 12.1. The minimum Gasteiger partial charge on any atom is -0.309 e. The van der Waals surface area contributed by atoms with Gasteiger partial charge in [0.25, 0.3) is 0 Å². The lowest BCUT2D eigenvalue weighted by Crippen LogP contribution is -2.23. The number of aromatic nitrogens is 1. The van der Waals surface area contributed by atoms with Crippen LogP contribution in [0.2, 0.25) is 0 Å². The zero-order valence-corrected chi connectivity index (χ0v) is 23.7. The van der Waals surface area contributed by atoms with Gasteiger partial charge < -0.3 is 4.57 Å². The van der Waals surface area contributed by atoms with Crippen LogP contribution in [-0.2, 0) is 5.41 Å². The Morgan fingerprint density at radius 2 is 1.17 bits per heavy atom. The molecule has 0 aliphatic heterocycles. The Labute approximate surface area is 245 Å². The van der Waals surface area contributed by atoms with Crippen molar-refractivity contribution >= 4 is 43.4 Å². The van der Waals surface area contributed by atoms with Crippen LogP contribution in [0.5, 0.6) is 0 Å². The van der Waals surface area contributed by atoms with Crippen LogP contribution < -0.4 is 0 Å². The van der Waals surface area contributed by atoms with Crippen molar-refractivity contribution in [1.29, 1.82) is 0 Å². The molecule has 0 N–H and O–H groups in total. The highest BCUT2D eigenvalue weighted by molar-refractivity contribution is 6.30. The van der Waals surface area contributed by atoms with Gasteiger partial charge in [0.05, 0.1) is 11.0 Å². The first-order valence-corrected chi connectivity index (χ1v) is 14.8. The summed E-state index contributed by atoms with van der Waals surface area (Å²) in [5, 5.41) is 7.93. The second-order valence-electron chi connectivity index (χ2n) is 12.1. The molecule has 0 saturated heterocycles. The molecule has 0 saturated carbocycles. The molecule has 7 aromatic carbocycles. The van der Waals surface area contributed by atoms with Crippen molar-refractivity contribution in [2.45, 2.75) is 19.3 Å². The molecule has 1 aliphatic carbocycles. The first kappa shape index (κ1) is 23.6. The van der Waals surface area contributed by atoms with E-state index in [2.05, 4.69) is 158 Å². The maximum atomic E-state index is 2.48. The van der Waals surface area contributed by atoms with E-state index in [1.807, 2.05) is 0 Å². The second kappa shape index (κ2) is 8.44. The monoisotopic (exact) mass is 535 g/mol. The van der Waals surface area contributed by atoms with Crippen LogP contribution in [0.15, 0.2) is 140 Å². The standard InChI is InChI=1S/C41H29N/c1-41(2)33-17-9-8-16-32(33)39-37-29(14-10-18-34(37)41)25-36-40(39)38-31-15-7-6-13-28(31)21-24-35(38)42(36)30-22-19-27(20-23-30)26-11-4-3-5-12-26/h3-25H,1-2H3. The lowest BCUT2D eigenvalue weighted by molar-refractivity contribution is 0.645. The summed E-state index contributed by atoms with van der Waals surface area (Å²) in [6, 6.07) is 51.5. The average molecular weight is 536 g/mol. The molecule has 0 unspecified atom stereocenters. The summed E-state index contributed by atoms with van der Waals surface area (Å²) in [7, 11) is 0. The van der Waals surface area contributed by atoms with Gasteiger partial charge in [-0.3, -0.25) is 0 Å². The summed E-state index contributed by atoms with van der Waals surface area (Å²) >= 11 is 0. The van der Waals surface area contributed by atoms with Crippen LogP contribution in [0.25, 0.3) is 71.3 Å². The normalized spacial score (nSPS) is 13.7. The predicted molar refractivity (Wildman–Crippen MR) is 179 cm³/mol. The van der Waals surface area contributed by atoms with Gasteiger partial charge in [0.1, 0.15) is 0 Å². The fraction of sp³-hybridized carbons (Fsp3) is 0.0732. The molecular weight excluding hydrogens is 506 g/mol. The molecule has 1 aromatic heterocycles. The van der Waals surface area contributed by atoms with Gasteiger partial charge in [-0.05, 0) is 73.6 Å². The first-order valence-electron chi connectivity index (χ1n) is 14.8. The largest absolute Gasteiger partial charge is 0.309 e. The summed E-state index contributed by atoms with van der Waals surface area (Å²) in [6.45, 7) is 4.75. The van der Waals surface area contributed by atoms with Crippen molar-refractivity contribution in [3.05, 3.63) is 151 Å². The van der Waals surface area contributed by atoms with Crippen LogP contribution in [0.3, 0.4) is 0 Å². The zero-order valence-electron chi connectivity index (χ0n) is 23.7. The molecule has 1 heterocycles. The van der Waals surface area contributed by atoms with E-state index in [0.717, 1.165) is 0 Å². The Bertz CT molecular complexity index is 2350. The fourth-order valence-electron chi connectivity index (χ4n) is 7.60. The summed E-state index contributed by atoms with van der Waals surface area (Å²) in [5.41, 5.74) is 11.6. The molecule has 1 heteroatoms. The third-order valence-corrected chi connectivity index (χ3v) is 9.56. The maximum Gasteiger partial charge on any atom is 0.0553 e. The molecule has 0 atom stereocenters. The lowest BCUT2D eigenvalue weighted by atomic mass is 9.68. The Balaban J connectivity index is 1.48. The van der Waals surface area contributed by atoms with E-state index in [-0.39, 0.29) is 5.41 Å². The van der Waals surface area contributed by atoms with Gasteiger partial charge in [-0.2, -0.15) is 0 Å². The predicted octanol–water partition coefficient (Wildman–Crippen LogP) is 11.1. The van der Waals surface area contributed by atoms with Gasteiger partial charge in [0.15, 0.2) is 0 Å². The van der Waals surface area contributed by atoms with Gasteiger partial charge in [-0.15, -0.1) is 0 Å². The highest BCUT2D eigenvalue weighted by Crippen LogP contribution is 2.53. The van der Waals surface area contributed by atoms with E-state index in [4.69, 9.17) is 0 Å². The molecule has 0 radical (unpaired) electrons. The lowest BCUT2D eigenvalue weighted by Gasteiger charge is -2.35. The van der Waals surface area contributed by atoms with Crippen molar-refractivity contribution in [3.63, 3.8) is 0 Å². The summed E-state index contributed by atoms with van der Waals surface area (Å²) in [5.74, 6) is 0. The average Bonchev–Trinajstić information content (AvgIpc) is 3.38. The van der Waals surface area contributed by atoms with E-state index in [9.17, 15) is 0 Å². The van der Waals surface area contributed by atoms with Crippen LogP contribution in [0.1, 0.15) is 25.0 Å². The number of hydrogen-bond acceptors (Lipinski definition) is 0. The Morgan fingerprint density at radius 3 is 2.02 bits per heavy atom. The summed E-state index contributed by atoms with van der Waals surface area (Å²) in [4.78, 5) is 0. The molecular formula is C41H29N. The first-order chi connectivity index (χ1) is 20.6. The van der Waals surface area contributed by atoms with Gasteiger partial charge >= 0.3 is 0 Å². The van der Waals surface area contributed by atoms with Crippen molar-refractivity contribution in [2.24, 2.45) is 0 Å². The van der Waals surface area contributed by atoms with E-state index in [1.165, 1.54) is 82.4 Å². The topological polar surface area (TPSA) is 4.93 Å². The van der Waals surface area contributed by atoms with Crippen molar-refractivity contribution in [2.75, 3.05) is 0 Å². The maximum absolute atomic E-state index is 2.48. The molecule has 0 fully saturated rings. The fourth-order valence-corrected chi connectivity index (χ4v) is 7.60. The molecule has 0 bridgehead atoms. The highest BCUT2D eigenvalue weighted by Gasteiger charge is 2.35. The third kappa shape index (κ3) is 3.08. The molecule has 0 amide bonds. The van der Waals surface area contributed by atoms with Gasteiger partial charge in [0, 0.05) is 27.4 Å². The van der Waals surface area contributed by atoms with E-state index < -0.39 is 0 Å². The molecule has 9 rings (SSSR count). The Morgan fingerprint density at radius 1 is 0.476 bits per heavy atom. The van der Waals surface area contributed by atoms with Crippen molar-refractivity contribution < 1.29 is 0 Å². The Hall–Kier alpha value is -5.14. The van der Waals surface area contributed by atoms with Gasteiger partial charge in [0.2, 0.25) is 0 Å². The van der Waals surface area contributed by atoms with E-state index in [0.29, 0.717) is 0 Å². The smallest absolute Gasteiger partial charge is 0.0553 e. The minimum absolute atomic E-state index is 0.0789. The van der Waals surface area contributed by atoms with Crippen LogP contribution in [-0.4, -0.2) is 4.57 Å². The molecule has 198 valence electrons. The van der Waals surface area contributed by atoms with Gasteiger partial charge in [-0.25, -0.2) is 0 Å². The van der Waals surface area contributed by atoms with Crippen molar-refractivity contribution in [1.82, 2.24) is 4.57 Å². The van der Waals surface area contributed by atoms with E-state index >= 15 is 0 Å². The number of hydrogen-bond donors (Lipinski definition) is 0. The summed E-state index contributed by atoms with van der Waals surface area (Å²) in [6.07, 6.45) is 0. The quantitative estimate of drug-likeness (QED) is 0.207. The number of benzene rings is 7. The number of fused-ring (bicyclic) bond motifs is 8. The molecule has 8 aromatic rings. The van der Waals surface area contributed by atoms with Crippen LogP contribution in [0, 0.1) is 0 Å². The molecule has 1 nitrogen and oxygen atoms in total.